The van der Waals surface area contributed by atoms with E-state index in [0.29, 0.717) is 12.0 Å². The van der Waals surface area contributed by atoms with Gasteiger partial charge in [0.1, 0.15) is 0 Å². The first kappa shape index (κ1) is 13.0. The van der Waals surface area contributed by atoms with Gasteiger partial charge >= 0.3 is 0 Å². The van der Waals surface area contributed by atoms with Crippen molar-refractivity contribution in [2.45, 2.75) is 32.7 Å². The maximum absolute atomic E-state index is 4.74. The van der Waals surface area contributed by atoms with Crippen LogP contribution in [-0.4, -0.2) is 42.6 Å². The van der Waals surface area contributed by atoms with Crippen LogP contribution in [0, 0.1) is 5.92 Å². The molecule has 1 N–H and O–H groups in total. The zero-order valence-electron chi connectivity index (χ0n) is 11.1. The first-order valence-corrected chi connectivity index (χ1v) is 7.37. The molecule has 0 aliphatic carbocycles. The molecule has 1 aliphatic heterocycles. The Kier molecular flexibility index (Phi) is 4.54. The van der Waals surface area contributed by atoms with Gasteiger partial charge in [-0.2, -0.15) is 0 Å². The molecule has 1 fully saturated rings. The van der Waals surface area contributed by atoms with E-state index < -0.39 is 0 Å². The van der Waals surface area contributed by atoms with Gasteiger partial charge in [-0.05, 0) is 13.0 Å². The SMILES string of the molecule is CC(C)Cc1nc(CC2CNCCN2C)cs1. The van der Waals surface area contributed by atoms with E-state index in [1.165, 1.54) is 10.7 Å². The Morgan fingerprint density at radius 3 is 3.12 bits per heavy atom. The fraction of sp³-hybridized carbons (Fsp3) is 0.769. The quantitative estimate of drug-likeness (QED) is 0.887. The molecule has 0 aromatic carbocycles. The summed E-state index contributed by atoms with van der Waals surface area (Å²) in [4.78, 5) is 7.19. The lowest BCUT2D eigenvalue weighted by Crippen LogP contribution is -2.50. The zero-order chi connectivity index (χ0) is 12.3. The first-order chi connectivity index (χ1) is 8.15. The number of aromatic nitrogens is 1. The maximum atomic E-state index is 4.74. The molecule has 1 saturated heterocycles. The molecule has 0 amide bonds. The topological polar surface area (TPSA) is 28.2 Å². The van der Waals surface area contributed by atoms with Crippen LogP contribution < -0.4 is 5.32 Å². The minimum atomic E-state index is 0.609. The summed E-state index contributed by atoms with van der Waals surface area (Å²) in [5.74, 6) is 0.702. The fourth-order valence-electron chi connectivity index (χ4n) is 2.22. The van der Waals surface area contributed by atoms with Gasteiger partial charge < -0.3 is 10.2 Å². The fourth-order valence-corrected chi connectivity index (χ4v) is 3.24. The van der Waals surface area contributed by atoms with Crippen LogP contribution in [0.15, 0.2) is 5.38 Å². The average Bonchev–Trinajstić information content (AvgIpc) is 2.68. The Hall–Kier alpha value is -0.450. The highest BCUT2D eigenvalue weighted by Gasteiger charge is 2.19. The van der Waals surface area contributed by atoms with Gasteiger partial charge in [-0.25, -0.2) is 4.98 Å². The van der Waals surface area contributed by atoms with Crippen molar-refractivity contribution >= 4 is 11.3 Å². The monoisotopic (exact) mass is 253 g/mol. The molecular weight excluding hydrogens is 230 g/mol. The van der Waals surface area contributed by atoms with Crippen molar-refractivity contribution < 1.29 is 0 Å². The van der Waals surface area contributed by atoms with E-state index in [2.05, 4.69) is 36.5 Å². The summed E-state index contributed by atoms with van der Waals surface area (Å²) in [7, 11) is 2.22. The van der Waals surface area contributed by atoms with Crippen molar-refractivity contribution in [1.29, 1.82) is 0 Å². The second kappa shape index (κ2) is 5.94. The molecule has 1 unspecified atom stereocenters. The minimum absolute atomic E-state index is 0.609. The Balaban J connectivity index is 1.91. The van der Waals surface area contributed by atoms with Crippen molar-refractivity contribution in [1.82, 2.24) is 15.2 Å². The highest BCUT2D eigenvalue weighted by atomic mass is 32.1. The third-order valence-corrected chi connectivity index (χ3v) is 4.19. The van der Waals surface area contributed by atoms with E-state index in [0.717, 1.165) is 32.5 Å². The zero-order valence-corrected chi connectivity index (χ0v) is 11.9. The first-order valence-electron chi connectivity index (χ1n) is 6.49. The number of thiazole rings is 1. The summed E-state index contributed by atoms with van der Waals surface area (Å²) in [5, 5.41) is 6.99. The molecule has 0 spiro atoms. The second-order valence-electron chi connectivity index (χ2n) is 5.37. The van der Waals surface area contributed by atoms with Crippen LogP contribution >= 0.6 is 11.3 Å². The largest absolute Gasteiger partial charge is 0.314 e. The lowest BCUT2D eigenvalue weighted by atomic mass is 10.1. The van der Waals surface area contributed by atoms with Crippen LogP contribution in [0.2, 0.25) is 0 Å². The predicted molar refractivity (Wildman–Crippen MR) is 73.6 cm³/mol. The average molecular weight is 253 g/mol. The van der Waals surface area contributed by atoms with Gasteiger partial charge in [-0.1, -0.05) is 13.8 Å². The molecule has 1 aliphatic rings. The molecule has 0 saturated carbocycles. The molecule has 1 atom stereocenters. The van der Waals surface area contributed by atoms with Crippen LogP contribution in [0.1, 0.15) is 24.5 Å². The predicted octanol–water partition coefficient (Wildman–Crippen LogP) is 1.79. The summed E-state index contributed by atoms with van der Waals surface area (Å²) >= 11 is 1.82. The van der Waals surface area contributed by atoms with Crippen LogP contribution in [0.4, 0.5) is 0 Å². The lowest BCUT2D eigenvalue weighted by Gasteiger charge is -2.32. The number of hydrogen-bond acceptors (Lipinski definition) is 4. The summed E-state index contributed by atoms with van der Waals surface area (Å²) in [6.07, 6.45) is 2.20. The van der Waals surface area contributed by atoms with Gasteiger partial charge in [0.05, 0.1) is 10.7 Å². The molecular formula is C13H23N3S. The van der Waals surface area contributed by atoms with Crippen molar-refractivity contribution in [3.05, 3.63) is 16.1 Å². The van der Waals surface area contributed by atoms with Gasteiger partial charge in [0.15, 0.2) is 0 Å². The molecule has 2 rings (SSSR count). The smallest absolute Gasteiger partial charge is 0.0930 e. The van der Waals surface area contributed by atoms with E-state index in [1.54, 1.807) is 0 Å². The normalized spacial score (nSPS) is 22.2. The Morgan fingerprint density at radius 2 is 2.41 bits per heavy atom. The van der Waals surface area contributed by atoms with E-state index in [9.17, 15) is 0 Å². The number of likely N-dealkylation sites (N-methyl/N-ethyl adjacent to an activating group) is 1. The molecule has 1 aromatic heterocycles. The second-order valence-corrected chi connectivity index (χ2v) is 6.32. The van der Waals surface area contributed by atoms with Crippen molar-refractivity contribution in [2.75, 3.05) is 26.7 Å². The van der Waals surface area contributed by atoms with E-state index in [4.69, 9.17) is 4.98 Å². The van der Waals surface area contributed by atoms with Crippen molar-refractivity contribution in [3.63, 3.8) is 0 Å². The van der Waals surface area contributed by atoms with Crippen LogP contribution in [0.3, 0.4) is 0 Å². The van der Waals surface area contributed by atoms with Gasteiger partial charge in [0.2, 0.25) is 0 Å². The maximum Gasteiger partial charge on any atom is 0.0930 e. The summed E-state index contributed by atoms with van der Waals surface area (Å²) in [6, 6.07) is 0.609. The molecule has 96 valence electrons. The van der Waals surface area contributed by atoms with Crippen molar-refractivity contribution in [3.8, 4) is 0 Å². The Morgan fingerprint density at radius 1 is 1.59 bits per heavy atom. The standard InChI is InChI=1S/C13H23N3S/c1-10(2)6-13-15-11(9-17-13)7-12-8-14-4-5-16(12)3/h9-10,12,14H,4-8H2,1-3H3. The van der Waals surface area contributed by atoms with Crippen LogP contribution in [-0.2, 0) is 12.8 Å². The molecule has 2 heterocycles. The van der Waals surface area contributed by atoms with Crippen molar-refractivity contribution in [2.24, 2.45) is 5.92 Å². The third kappa shape index (κ3) is 3.76. The minimum Gasteiger partial charge on any atom is -0.314 e. The molecule has 0 radical (unpaired) electrons. The molecule has 4 heteroatoms. The van der Waals surface area contributed by atoms with Crippen LogP contribution in [0.5, 0.6) is 0 Å². The highest BCUT2D eigenvalue weighted by Crippen LogP contribution is 2.16. The van der Waals surface area contributed by atoms with Gasteiger partial charge in [-0.3, -0.25) is 0 Å². The molecule has 17 heavy (non-hydrogen) atoms. The van der Waals surface area contributed by atoms with E-state index in [1.807, 2.05) is 11.3 Å². The van der Waals surface area contributed by atoms with E-state index in [-0.39, 0.29) is 0 Å². The summed E-state index contributed by atoms with van der Waals surface area (Å²) in [6.45, 7) is 7.85. The lowest BCUT2D eigenvalue weighted by molar-refractivity contribution is 0.198. The van der Waals surface area contributed by atoms with Gasteiger partial charge in [0, 0.05) is 43.9 Å². The number of nitrogens with one attached hydrogen (secondary N) is 1. The summed E-state index contributed by atoms with van der Waals surface area (Å²) in [5.41, 5.74) is 1.27. The summed E-state index contributed by atoms with van der Waals surface area (Å²) < 4.78 is 0. The Bertz CT molecular complexity index is 348. The number of piperazine rings is 1. The van der Waals surface area contributed by atoms with Crippen LogP contribution in [0.25, 0.3) is 0 Å². The Labute approximate surface area is 108 Å². The number of nitrogens with zero attached hydrogens (tertiary/aromatic N) is 2. The van der Waals surface area contributed by atoms with Gasteiger partial charge in [-0.15, -0.1) is 11.3 Å². The highest BCUT2D eigenvalue weighted by molar-refractivity contribution is 7.09. The molecule has 3 nitrogen and oxygen atoms in total. The molecule has 0 bridgehead atoms. The third-order valence-electron chi connectivity index (χ3n) is 3.27. The van der Waals surface area contributed by atoms with E-state index >= 15 is 0 Å². The van der Waals surface area contributed by atoms with Gasteiger partial charge in [0.25, 0.3) is 0 Å². The number of hydrogen-bond donors (Lipinski definition) is 1. The molecule has 1 aromatic rings. The number of rotatable bonds is 4.